The van der Waals surface area contributed by atoms with Crippen LogP contribution in [0.15, 0.2) is 22.7 Å². The molecule has 0 radical (unpaired) electrons. The van der Waals surface area contributed by atoms with E-state index in [1.54, 1.807) is 11.3 Å². The molecule has 1 unspecified atom stereocenters. The molecule has 1 N–H and O–H groups in total. The molecule has 0 aliphatic heterocycles. The van der Waals surface area contributed by atoms with E-state index in [1.807, 2.05) is 17.5 Å². The van der Waals surface area contributed by atoms with Gasteiger partial charge in [-0.1, -0.05) is 44.0 Å². The van der Waals surface area contributed by atoms with Crippen LogP contribution in [0.3, 0.4) is 0 Å². The fourth-order valence-corrected chi connectivity index (χ4v) is 4.02. The van der Waals surface area contributed by atoms with E-state index in [9.17, 15) is 4.79 Å². The molecule has 0 bridgehead atoms. The fourth-order valence-electron chi connectivity index (χ4n) is 2.49. The van der Waals surface area contributed by atoms with E-state index in [1.165, 1.54) is 31.0 Å². The van der Waals surface area contributed by atoms with Gasteiger partial charge in [0.15, 0.2) is 11.0 Å². The van der Waals surface area contributed by atoms with Crippen LogP contribution >= 0.6 is 23.1 Å². The third kappa shape index (κ3) is 5.34. The molecule has 132 valence electrons. The first-order valence-corrected chi connectivity index (χ1v) is 10.4. The Balaban J connectivity index is 1.87. The SMILES string of the molecule is CCCCCC(C)NC(=O)CSc1nnc(-c2cccs2)n1CC. The first-order valence-electron chi connectivity index (χ1n) is 8.54. The largest absolute Gasteiger partial charge is 0.353 e. The van der Waals surface area contributed by atoms with E-state index in [0.717, 1.165) is 28.8 Å². The zero-order valence-corrected chi connectivity index (χ0v) is 16.3. The van der Waals surface area contributed by atoms with Crippen LogP contribution in [-0.2, 0) is 11.3 Å². The molecular weight excluding hydrogens is 340 g/mol. The second-order valence-corrected chi connectivity index (χ2v) is 7.67. The first-order chi connectivity index (χ1) is 11.7. The standard InChI is InChI=1S/C17H26N4OS2/c1-4-6-7-9-13(3)18-15(22)12-24-17-20-19-16(21(17)5-2)14-10-8-11-23-14/h8,10-11,13H,4-7,9,12H2,1-3H3,(H,18,22). The highest BCUT2D eigenvalue weighted by molar-refractivity contribution is 7.99. The lowest BCUT2D eigenvalue weighted by molar-refractivity contribution is -0.119. The van der Waals surface area contributed by atoms with Crippen LogP contribution in [0, 0.1) is 0 Å². The Kier molecular flexibility index (Phi) is 7.78. The van der Waals surface area contributed by atoms with Crippen molar-refractivity contribution in [1.29, 1.82) is 0 Å². The van der Waals surface area contributed by atoms with Crippen molar-refractivity contribution < 1.29 is 4.79 Å². The third-order valence-electron chi connectivity index (χ3n) is 3.76. The first kappa shape index (κ1) is 19.0. The van der Waals surface area contributed by atoms with Gasteiger partial charge in [-0.15, -0.1) is 21.5 Å². The normalized spacial score (nSPS) is 12.3. The van der Waals surface area contributed by atoms with Crippen LogP contribution in [0.25, 0.3) is 10.7 Å². The van der Waals surface area contributed by atoms with Crippen LogP contribution in [-0.4, -0.2) is 32.5 Å². The minimum absolute atomic E-state index is 0.0623. The van der Waals surface area contributed by atoms with E-state index in [-0.39, 0.29) is 11.9 Å². The molecule has 2 heterocycles. The van der Waals surface area contributed by atoms with E-state index >= 15 is 0 Å². The van der Waals surface area contributed by atoms with Crippen molar-refractivity contribution in [2.24, 2.45) is 0 Å². The lowest BCUT2D eigenvalue weighted by Crippen LogP contribution is -2.33. The fraction of sp³-hybridized carbons (Fsp3) is 0.588. The average Bonchev–Trinajstić information content (AvgIpc) is 3.21. The Morgan fingerprint density at radius 3 is 2.88 bits per heavy atom. The Labute approximate surface area is 152 Å². The number of nitrogens with zero attached hydrogens (tertiary/aromatic N) is 3. The molecule has 0 saturated heterocycles. The Hall–Kier alpha value is -1.34. The molecule has 2 aromatic heterocycles. The number of hydrogen-bond acceptors (Lipinski definition) is 5. The molecule has 0 aromatic carbocycles. The maximum absolute atomic E-state index is 12.1. The van der Waals surface area contributed by atoms with Gasteiger partial charge in [-0.3, -0.25) is 4.79 Å². The Morgan fingerprint density at radius 2 is 2.21 bits per heavy atom. The second kappa shape index (κ2) is 9.84. The molecule has 2 rings (SSSR count). The molecule has 24 heavy (non-hydrogen) atoms. The van der Waals surface area contributed by atoms with Gasteiger partial charge < -0.3 is 9.88 Å². The van der Waals surface area contributed by atoms with Crippen LogP contribution in [0.2, 0.25) is 0 Å². The molecule has 2 aromatic rings. The van der Waals surface area contributed by atoms with Gasteiger partial charge in [0.2, 0.25) is 5.91 Å². The van der Waals surface area contributed by atoms with Gasteiger partial charge in [-0.2, -0.15) is 0 Å². The summed E-state index contributed by atoms with van der Waals surface area (Å²) in [7, 11) is 0. The number of carbonyl (C=O) groups excluding carboxylic acids is 1. The molecule has 0 saturated carbocycles. The van der Waals surface area contributed by atoms with Gasteiger partial charge in [0.05, 0.1) is 10.6 Å². The summed E-state index contributed by atoms with van der Waals surface area (Å²) in [6.45, 7) is 7.12. The van der Waals surface area contributed by atoms with Crippen molar-refractivity contribution in [3.63, 3.8) is 0 Å². The third-order valence-corrected chi connectivity index (χ3v) is 5.59. The number of thioether (sulfide) groups is 1. The lowest BCUT2D eigenvalue weighted by Gasteiger charge is -2.13. The minimum Gasteiger partial charge on any atom is -0.353 e. The predicted octanol–water partition coefficient (Wildman–Crippen LogP) is 4.20. The lowest BCUT2D eigenvalue weighted by atomic mass is 10.1. The molecule has 1 atom stereocenters. The Morgan fingerprint density at radius 1 is 1.38 bits per heavy atom. The number of nitrogens with one attached hydrogen (secondary N) is 1. The zero-order valence-electron chi connectivity index (χ0n) is 14.6. The van der Waals surface area contributed by atoms with Gasteiger partial charge in [0.1, 0.15) is 0 Å². The van der Waals surface area contributed by atoms with Gasteiger partial charge in [0, 0.05) is 12.6 Å². The van der Waals surface area contributed by atoms with Crippen LogP contribution in [0.5, 0.6) is 0 Å². The van der Waals surface area contributed by atoms with Gasteiger partial charge in [-0.05, 0) is 31.7 Å². The summed E-state index contributed by atoms with van der Waals surface area (Å²) in [5, 5.41) is 14.4. The molecule has 5 nitrogen and oxygen atoms in total. The predicted molar refractivity (Wildman–Crippen MR) is 101 cm³/mol. The van der Waals surface area contributed by atoms with Crippen LogP contribution < -0.4 is 5.32 Å². The number of thiophene rings is 1. The molecular formula is C17H26N4OS2. The highest BCUT2D eigenvalue weighted by Crippen LogP contribution is 2.27. The van der Waals surface area contributed by atoms with Crippen molar-refractivity contribution >= 4 is 29.0 Å². The summed E-state index contributed by atoms with van der Waals surface area (Å²) < 4.78 is 2.06. The van der Waals surface area contributed by atoms with Crippen molar-refractivity contribution in [2.75, 3.05) is 5.75 Å². The van der Waals surface area contributed by atoms with Crippen LogP contribution in [0.4, 0.5) is 0 Å². The molecule has 0 aliphatic rings. The summed E-state index contributed by atoms with van der Waals surface area (Å²) in [6.07, 6.45) is 4.63. The van der Waals surface area contributed by atoms with Gasteiger partial charge in [0.25, 0.3) is 0 Å². The number of aromatic nitrogens is 3. The second-order valence-electron chi connectivity index (χ2n) is 5.78. The topological polar surface area (TPSA) is 59.8 Å². The van der Waals surface area contributed by atoms with Crippen molar-refractivity contribution in [3.05, 3.63) is 17.5 Å². The van der Waals surface area contributed by atoms with Gasteiger partial charge in [-0.25, -0.2) is 0 Å². The summed E-state index contributed by atoms with van der Waals surface area (Å²) >= 11 is 3.10. The van der Waals surface area contributed by atoms with Gasteiger partial charge >= 0.3 is 0 Å². The zero-order chi connectivity index (χ0) is 17.4. The smallest absolute Gasteiger partial charge is 0.230 e. The number of carbonyl (C=O) groups is 1. The van der Waals surface area contributed by atoms with Crippen molar-refractivity contribution in [2.45, 2.75) is 64.2 Å². The highest BCUT2D eigenvalue weighted by Gasteiger charge is 2.15. The molecule has 7 heteroatoms. The number of rotatable bonds is 10. The summed E-state index contributed by atoms with van der Waals surface area (Å²) in [6, 6.07) is 4.28. The maximum Gasteiger partial charge on any atom is 0.230 e. The van der Waals surface area contributed by atoms with E-state index < -0.39 is 0 Å². The van der Waals surface area contributed by atoms with Crippen molar-refractivity contribution in [3.8, 4) is 10.7 Å². The maximum atomic E-state index is 12.1. The Bertz CT molecular complexity index is 625. The summed E-state index contributed by atoms with van der Waals surface area (Å²) in [5.74, 6) is 1.32. The van der Waals surface area contributed by atoms with E-state index in [0.29, 0.717) is 5.75 Å². The molecule has 1 amide bonds. The van der Waals surface area contributed by atoms with Crippen molar-refractivity contribution in [1.82, 2.24) is 20.1 Å². The summed E-state index contributed by atoms with van der Waals surface area (Å²) in [4.78, 5) is 13.2. The average molecular weight is 367 g/mol. The van der Waals surface area contributed by atoms with Crippen LogP contribution in [0.1, 0.15) is 46.5 Å². The number of hydrogen-bond donors (Lipinski definition) is 1. The highest BCUT2D eigenvalue weighted by atomic mass is 32.2. The quantitative estimate of drug-likeness (QED) is 0.505. The monoisotopic (exact) mass is 366 g/mol. The molecule has 0 spiro atoms. The number of amides is 1. The molecule has 0 aliphatic carbocycles. The minimum atomic E-state index is 0.0623. The van der Waals surface area contributed by atoms with E-state index in [2.05, 4.69) is 40.9 Å². The number of unbranched alkanes of at least 4 members (excludes halogenated alkanes) is 2. The summed E-state index contributed by atoms with van der Waals surface area (Å²) in [5.41, 5.74) is 0. The van der Waals surface area contributed by atoms with E-state index in [4.69, 9.17) is 0 Å². The molecule has 0 fully saturated rings.